The number of esters is 1. The summed E-state index contributed by atoms with van der Waals surface area (Å²) in [5.74, 6) is -8.21. The van der Waals surface area contributed by atoms with Crippen molar-refractivity contribution < 1.29 is 53.9 Å². The van der Waals surface area contributed by atoms with Gasteiger partial charge in [-0.05, 0) is 62.0 Å². The number of aliphatic hydroxyl groups is 3. The second kappa shape index (κ2) is 14.2. The monoisotopic (exact) mass is 734 g/mol. The van der Waals surface area contributed by atoms with Crippen LogP contribution >= 0.6 is 0 Å². The molecule has 284 valence electrons. The fourth-order valence-electron chi connectivity index (χ4n) is 7.71. The van der Waals surface area contributed by atoms with Gasteiger partial charge >= 0.3 is 12.1 Å². The largest absolute Gasteiger partial charge is 0.508 e. The van der Waals surface area contributed by atoms with Crippen molar-refractivity contribution in [2.45, 2.75) is 51.8 Å². The van der Waals surface area contributed by atoms with E-state index in [-0.39, 0.29) is 48.2 Å². The van der Waals surface area contributed by atoms with Gasteiger partial charge in [0.05, 0.1) is 23.7 Å². The molecule has 2 aromatic rings. The van der Waals surface area contributed by atoms with Gasteiger partial charge in [-0.3, -0.25) is 19.3 Å². The maximum atomic E-state index is 14.3. The number of nitrogens with two attached hydrogens (primary N) is 1. The SMILES string of the molecule is CN(C)c1cc(CN(CC(C)(C)C)C(=O)OCOC(=O)c2ccccc2)c(O)c2c1C[C@H]1C[C@H]3[C@H](N(C)C)C(=O)C(C(N)=O)=C(O)[C@@]3(O)C(=O)C1=C2O. The molecule has 53 heavy (non-hydrogen) atoms. The topological polar surface area (TPSA) is 220 Å². The molecule has 0 saturated heterocycles. The Morgan fingerprint density at radius 1 is 1.00 bits per heavy atom. The Labute approximate surface area is 306 Å². The first-order valence-electron chi connectivity index (χ1n) is 17.0. The number of Topliss-reactive ketones (excluding diaryl/α,β-unsaturated/α-hetero) is 2. The fraction of sp³-hybridized carbons (Fsp3) is 0.447. The summed E-state index contributed by atoms with van der Waals surface area (Å²) in [5, 5.41) is 46.8. The Kier molecular flexibility index (Phi) is 10.4. The number of anilines is 1. The van der Waals surface area contributed by atoms with Gasteiger partial charge in [-0.2, -0.15) is 0 Å². The molecule has 6 N–H and O–H groups in total. The number of ether oxygens (including phenoxy) is 2. The van der Waals surface area contributed by atoms with E-state index >= 15 is 0 Å². The summed E-state index contributed by atoms with van der Waals surface area (Å²) in [7, 11) is 6.56. The Balaban J connectivity index is 1.55. The number of primary amides is 1. The predicted molar refractivity (Wildman–Crippen MR) is 192 cm³/mol. The minimum absolute atomic E-state index is 0.0544. The second-order valence-electron chi connectivity index (χ2n) is 15.4. The van der Waals surface area contributed by atoms with E-state index in [1.54, 1.807) is 55.4 Å². The standard InChI is InChI=1S/C38H46N4O11/c1-37(2,3)17-42(36(50)53-18-52-35(49)19-11-9-8-10-12-19)16-21-15-24(40(4)5)22-13-20-14-23-28(41(6)7)31(45)27(34(39)48)33(47)38(23,51)32(46)25(20)30(44)26(22)29(21)43/h8-12,15,20,23,28,43-44,47,51H,13-14,16-18H2,1-7H3,(H2,39,48)/t20-,23-,28-,38-/m0/s1. The Morgan fingerprint density at radius 2 is 1.64 bits per heavy atom. The van der Waals surface area contributed by atoms with Gasteiger partial charge in [0, 0.05) is 43.4 Å². The van der Waals surface area contributed by atoms with Gasteiger partial charge in [0.15, 0.2) is 11.4 Å². The van der Waals surface area contributed by atoms with Crippen LogP contribution in [0.1, 0.15) is 54.2 Å². The highest BCUT2D eigenvalue weighted by molar-refractivity contribution is 6.24. The van der Waals surface area contributed by atoms with Crippen LogP contribution in [-0.4, -0.2) is 113 Å². The van der Waals surface area contributed by atoms with Gasteiger partial charge in [0.25, 0.3) is 5.91 Å². The Hall–Kier alpha value is -5.41. The van der Waals surface area contributed by atoms with E-state index in [2.05, 4.69) is 0 Å². The van der Waals surface area contributed by atoms with E-state index in [1.807, 2.05) is 20.8 Å². The number of aromatic hydroxyl groups is 1. The number of hydrogen-bond acceptors (Lipinski definition) is 13. The maximum Gasteiger partial charge on any atom is 0.412 e. The number of benzene rings is 2. The fourth-order valence-corrected chi connectivity index (χ4v) is 7.71. The van der Waals surface area contributed by atoms with Gasteiger partial charge in [-0.1, -0.05) is 39.0 Å². The highest BCUT2D eigenvalue weighted by Gasteiger charge is 2.64. The van der Waals surface area contributed by atoms with Crippen LogP contribution in [0.3, 0.4) is 0 Å². The third-order valence-electron chi connectivity index (χ3n) is 9.92. The molecule has 0 spiro atoms. The summed E-state index contributed by atoms with van der Waals surface area (Å²) in [6, 6.07) is 8.63. The number of rotatable bonds is 9. The van der Waals surface area contributed by atoms with Crippen LogP contribution in [0.4, 0.5) is 10.5 Å². The van der Waals surface area contributed by atoms with Crippen molar-refractivity contribution in [3.05, 3.63) is 75.6 Å². The van der Waals surface area contributed by atoms with Crippen LogP contribution in [0.5, 0.6) is 5.75 Å². The number of likely N-dealkylation sites (N-methyl/N-ethyl adjacent to an activating group) is 1. The molecule has 3 aliphatic carbocycles. The molecule has 1 saturated carbocycles. The second-order valence-corrected chi connectivity index (χ2v) is 15.4. The van der Waals surface area contributed by atoms with Crippen LogP contribution in [0.2, 0.25) is 0 Å². The van der Waals surface area contributed by atoms with E-state index < -0.39 is 88.1 Å². The summed E-state index contributed by atoms with van der Waals surface area (Å²) in [4.78, 5) is 70.4. The average molecular weight is 735 g/mol. The van der Waals surface area contributed by atoms with Crippen LogP contribution in [-0.2, 0) is 36.8 Å². The number of ketones is 2. The quantitative estimate of drug-likeness (QED) is 0.142. The number of carbonyl (C=O) groups is 5. The third kappa shape index (κ3) is 6.93. The van der Waals surface area contributed by atoms with Crippen molar-refractivity contribution in [3.8, 4) is 5.75 Å². The van der Waals surface area contributed by atoms with Gasteiger partial charge < -0.3 is 45.4 Å². The maximum absolute atomic E-state index is 14.3. The van der Waals surface area contributed by atoms with Crippen molar-refractivity contribution in [2.75, 3.05) is 46.4 Å². The van der Waals surface area contributed by atoms with Gasteiger partial charge in [0.2, 0.25) is 12.6 Å². The van der Waals surface area contributed by atoms with Crippen molar-refractivity contribution in [2.24, 2.45) is 23.0 Å². The van der Waals surface area contributed by atoms with Gasteiger partial charge in [-0.15, -0.1) is 0 Å². The molecule has 0 aliphatic heterocycles. The Bertz CT molecular complexity index is 1930. The van der Waals surface area contributed by atoms with E-state index in [9.17, 15) is 44.4 Å². The normalized spacial score (nSPS) is 22.5. The molecule has 2 amide bonds. The molecule has 0 radical (unpaired) electrons. The van der Waals surface area contributed by atoms with Crippen LogP contribution < -0.4 is 10.6 Å². The van der Waals surface area contributed by atoms with Crippen LogP contribution in [0, 0.1) is 17.3 Å². The molecule has 0 bridgehead atoms. The minimum Gasteiger partial charge on any atom is -0.508 e. The summed E-state index contributed by atoms with van der Waals surface area (Å²) >= 11 is 0. The van der Waals surface area contributed by atoms with Crippen molar-refractivity contribution in [1.29, 1.82) is 0 Å². The molecule has 15 heteroatoms. The number of amides is 2. The van der Waals surface area contributed by atoms with Gasteiger partial charge in [0.1, 0.15) is 22.8 Å². The number of aliphatic hydroxyl groups excluding tert-OH is 2. The molecule has 0 aromatic heterocycles. The van der Waals surface area contributed by atoms with Crippen LogP contribution in [0.25, 0.3) is 5.76 Å². The first-order valence-corrected chi connectivity index (χ1v) is 17.0. The lowest BCUT2D eigenvalue weighted by molar-refractivity contribution is -0.153. The Morgan fingerprint density at radius 3 is 2.21 bits per heavy atom. The van der Waals surface area contributed by atoms with E-state index in [1.165, 1.54) is 23.9 Å². The lowest BCUT2D eigenvalue weighted by Crippen LogP contribution is -2.65. The zero-order valence-electron chi connectivity index (χ0n) is 30.8. The van der Waals surface area contributed by atoms with E-state index in [0.29, 0.717) is 11.3 Å². The summed E-state index contributed by atoms with van der Waals surface area (Å²) in [5.41, 5.74) is 2.36. The molecule has 0 heterocycles. The van der Waals surface area contributed by atoms with Crippen molar-refractivity contribution in [3.63, 3.8) is 0 Å². The molecular formula is C38H46N4O11. The number of phenolic OH excluding ortho intramolecular Hbond substituents is 1. The van der Waals surface area contributed by atoms with Crippen molar-refractivity contribution >= 4 is 41.0 Å². The molecule has 5 rings (SSSR count). The molecule has 3 aliphatic rings. The average Bonchev–Trinajstić information content (AvgIpc) is 3.06. The van der Waals surface area contributed by atoms with E-state index in [4.69, 9.17) is 15.2 Å². The lowest BCUT2D eigenvalue weighted by Gasteiger charge is -2.50. The number of phenols is 1. The smallest absolute Gasteiger partial charge is 0.412 e. The lowest BCUT2D eigenvalue weighted by atomic mass is 9.57. The molecule has 0 unspecified atom stereocenters. The number of hydrogen-bond donors (Lipinski definition) is 5. The van der Waals surface area contributed by atoms with Gasteiger partial charge in [-0.25, -0.2) is 9.59 Å². The highest BCUT2D eigenvalue weighted by Crippen LogP contribution is 2.54. The molecule has 1 fully saturated rings. The number of fused-ring (bicyclic) bond motifs is 3. The first-order chi connectivity index (χ1) is 24.7. The summed E-state index contributed by atoms with van der Waals surface area (Å²) < 4.78 is 10.4. The number of carbonyl (C=O) groups excluding carboxylic acids is 5. The van der Waals surface area contributed by atoms with E-state index in [0.717, 1.165) is 0 Å². The zero-order chi connectivity index (χ0) is 39.3. The third-order valence-corrected chi connectivity index (χ3v) is 9.92. The highest BCUT2D eigenvalue weighted by atomic mass is 16.7. The molecule has 15 nitrogen and oxygen atoms in total. The molecule has 2 aromatic carbocycles. The van der Waals surface area contributed by atoms with Crippen LogP contribution in [0.15, 0.2) is 53.3 Å². The summed E-state index contributed by atoms with van der Waals surface area (Å²) in [6.45, 7) is 4.89. The molecule has 4 atom stereocenters. The zero-order valence-corrected chi connectivity index (χ0v) is 30.8. The molecular weight excluding hydrogens is 688 g/mol. The first kappa shape index (κ1) is 38.8. The summed E-state index contributed by atoms with van der Waals surface area (Å²) in [6.07, 6.45) is -0.810. The number of nitrogens with zero attached hydrogens (tertiary/aromatic N) is 3. The van der Waals surface area contributed by atoms with Crippen molar-refractivity contribution in [1.82, 2.24) is 9.80 Å². The predicted octanol–water partition coefficient (Wildman–Crippen LogP) is 2.83. The minimum atomic E-state index is -2.78.